The summed E-state index contributed by atoms with van der Waals surface area (Å²) in [6.45, 7) is 4.50. The normalized spacial score (nSPS) is 16.3. The van der Waals surface area contributed by atoms with Crippen LogP contribution < -0.4 is 5.32 Å². The fraction of sp³-hybridized carbons (Fsp3) is 0.471. The Hall–Kier alpha value is -1.93. The lowest BCUT2D eigenvalue weighted by molar-refractivity contribution is -0.137. The van der Waals surface area contributed by atoms with Gasteiger partial charge in [-0.25, -0.2) is 4.39 Å². The Bertz CT molecular complexity index is 611. The van der Waals surface area contributed by atoms with Crippen molar-refractivity contribution in [3.63, 3.8) is 0 Å². The fourth-order valence-corrected chi connectivity index (χ4v) is 2.40. The van der Waals surface area contributed by atoms with E-state index < -0.39 is 23.5 Å². The lowest BCUT2D eigenvalue weighted by atomic mass is 10.1. The molecule has 0 atom stereocenters. The van der Waals surface area contributed by atoms with Crippen LogP contribution in [0.1, 0.15) is 17.5 Å². The van der Waals surface area contributed by atoms with Crippen molar-refractivity contribution < 1.29 is 27.1 Å². The minimum Gasteiger partial charge on any atom is -0.379 e. The van der Waals surface area contributed by atoms with Gasteiger partial charge in [0.05, 0.1) is 18.8 Å². The standard InChI is InChI=1S/C17H20F4N2O2/c18-15-12-14(17(19,20)21)4-2-13(15)3-5-16(24)22-6-1-7-23-8-10-25-11-9-23/h2-5,12H,1,6-11H2,(H,22,24)/b5-3+. The Morgan fingerprint density at radius 1 is 1.28 bits per heavy atom. The van der Waals surface area contributed by atoms with Crippen molar-refractivity contribution in [2.75, 3.05) is 39.4 Å². The van der Waals surface area contributed by atoms with Crippen molar-refractivity contribution in [3.05, 3.63) is 41.2 Å². The summed E-state index contributed by atoms with van der Waals surface area (Å²) in [5.41, 5.74) is -1.13. The molecule has 1 heterocycles. The minimum atomic E-state index is -4.60. The van der Waals surface area contributed by atoms with Crippen LogP contribution in [-0.4, -0.2) is 50.2 Å². The average Bonchev–Trinajstić information content (AvgIpc) is 2.57. The highest BCUT2D eigenvalue weighted by molar-refractivity contribution is 5.91. The maximum absolute atomic E-state index is 13.6. The molecule has 1 amide bonds. The van der Waals surface area contributed by atoms with E-state index in [1.165, 1.54) is 0 Å². The molecular weight excluding hydrogens is 340 g/mol. The number of morpholine rings is 1. The second-order valence-electron chi connectivity index (χ2n) is 5.67. The highest BCUT2D eigenvalue weighted by Gasteiger charge is 2.30. The first-order valence-corrected chi connectivity index (χ1v) is 7.99. The van der Waals surface area contributed by atoms with Crippen molar-refractivity contribution in [2.45, 2.75) is 12.6 Å². The second-order valence-corrected chi connectivity index (χ2v) is 5.67. The molecule has 1 fully saturated rings. The molecule has 1 aromatic rings. The maximum atomic E-state index is 13.6. The number of halogens is 4. The number of ether oxygens (including phenoxy) is 1. The first-order valence-electron chi connectivity index (χ1n) is 7.99. The summed E-state index contributed by atoms with van der Waals surface area (Å²) in [5.74, 6) is -1.44. The number of hydrogen-bond donors (Lipinski definition) is 1. The van der Waals surface area contributed by atoms with Gasteiger partial charge in [-0.3, -0.25) is 9.69 Å². The van der Waals surface area contributed by atoms with Crippen LogP contribution in [0.25, 0.3) is 6.08 Å². The van der Waals surface area contributed by atoms with E-state index in [1.54, 1.807) is 0 Å². The third-order valence-corrected chi connectivity index (χ3v) is 3.80. The molecule has 8 heteroatoms. The summed E-state index contributed by atoms with van der Waals surface area (Å²) in [5, 5.41) is 2.66. The number of benzene rings is 1. The highest BCUT2D eigenvalue weighted by Crippen LogP contribution is 2.30. The van der Waals surface area contributed by atoms with E-state index in [2.05, 4.69) is 10.2 Å². The third kappa shape index (κ3) is 6.47. The first kappa shape index (κ1) is 19.4. The minimum absolute atomic E-state index is 0.0727. The van der Waals surface area contributed by atoms with Crippen molar-refractivity contribution in [1.29, 1.82) is 0 Å². The molecule has 138 valence electrons. The summed E-state index contributed by atoms with van der Waals surface area (Å²) < 4.78 is 56.3. The Balaban J connectivity index is 1.76. The average molecular weight is 360 g/mol. The number of nitrogens with zero attached hydrogens (tertiary/aromatic N) is 1. The zero-order valence-corrected chi connectivity index (χ0v) is 13.6. The van der Waals surface area contributed by atoms with Crippen LogP contribution in [-0.2, 0) is 15.7 Å². The molecule has 0 aliphatic carbocycles. The Kier molecular flexibility index (Phi) is 6.95. The van der Waals surface area contributed by atoms with Gasteiger partial charge in [0, 0.05) is 31.3 Å². The van der Waals surface area contributed by atoms with Crippen molar-refractivity contribution in [2.24, 2.45) is 0 Å². The molecule has 1 aliphatic heterocycles. The van der Waals surface area contributed by atoms with Crippen LogP contribution in [0.4, 0.5) is 17.6 Å². The summed E-state index contributed by atoms with van der Waals surface area (Å²) >= 11 is 0. The van der Waals surface area contributed by atoms with E-state index in [-0.39, 0.29) is 5.56 Å². The van der Waals surface area contributed by atoms with E-state index in [1.807, 2.05) is 0 Å². The smallest absolute Gasteiger partial charge is 0.379 e. The first-order chi connectivity index (χ1) is 11.9. The van der Waals surface area contributed by atoms with Gasteiger partial charge in [-0.05, 0) is 31.2 Å². The number of nitrogens with one attached hydrogen (secondary N) is 1. The molecule has 1 saturated heterocycles. The zero-order chi connectivity index (χ0) is 18.3. The summed E-state index contributed by atoms with van der Waals surface area (Å²) in [4.78, 5) is 13.9. The highest BCUT2D eigenvalue weighted by atomic mass is 19.4. The van der Waals surface area contributed by atoms with Gasteiger partial charge in [0.25, 0.3) is 0 Å². The molecular formula is C17H20F4N2O2. The zero-order valence-electron chi connectivity index (χ0n) is 13.6. The quantitative estimate of drug-likeness (QED) is 0.482. The van der Waals surface area contributed by atoms with E-state index in [0.29, 0.717) is 25.8 Å². The van der Waals surface area contributed by atoms with Gasteiger partial charge in [0.1, 0.15) is 5.82 Å². The largest absolute Gasteiger partial charge is 0.416 e. The third-order valence-electron chi connectivity index (χ3n) is 3.80. The molecule has 1 aromatic carbocycles. The summed E-state index contributed by atoms with van der Waals surface area (Å²) in [7, 11) is 0. The summed E-state index contributed by atoms with van der Waals surface area (Å²) in [6.07, 6.45) is -1.55. The van der Waals surface area contributed by atoms with Crippen molar-refractivity contribution in [1.82, 2.24) is 10.2 Å². The second kappa shape index (κ2) is 8.96. The molecule has 0 radical (unpaired) electrons. The molecule has 0 spiro atoms. The molecule has 4 nitrogen and oxygen atoms in total. The number of amides is 1. The number of alkyl halides is 3. The topological polar surface area (TPSA) is 41.6 Å². The van der Waals surface area contributed by atoms with E-state index >= 15 is 0 Å². The van der Waals surface area contributed by atoms with Crippen LogP contribution in [0.15, 0.2) is 24.3 Å². The Labute approximate surface area is 143 Å². The fourth-order valence-electron chi connectivity index (χ4n) is 2.40. The van der Waals surface area contributed by atoms with Gasteiger partial charge >= 0.3 is 6.18 Å². The Morgan fingerprint density at radius 3 is 2.64 bits per heavy atom. The van der Waals surface area contributed by atoms with E-state index in [4.69, 9.17) is 4.74 Å². The van der Waals surface area contributed by atoms with Crippen LogP contribution in [0, 0.1) is 5.82 Å². The SMILES string of the molecule is O=C(/C=C/c1ccc(C(F)(F)F)cc1F)NCCCN1CCOCC1. The lowest BCUT2D eigenvalue weighted by Gasteiger charge is -2.26. The van der Waals surface area contributed by atoms with E-state index in [0.717, 1.165) is 50.3 Å². The number of rotatable bonds is 6. The predicted molar refractivity (Wildman–Crippen MR) is 85.3 cm³/mol. The number of carbonyl (C=O) groups excluding carboxylic acids is 1. The van der Waals surface area contributed by atoms with E-state index in [9.17, 15) is 22.4 Å². The number of carbonyl (C=O) groups is 1. The molecule has 0 unspecified atom stereocenters. The van der Waals surface area contributed by atoms with Gasteiger partial charge in [-0.15, -0.1) is 0 Å². The van der Waals surface area contributed by atoms with Crippen molar-refractivity contribution in [3.8, 4) is 0 Å². The molecule has 1 aliphatic rings. The molecule has 2 rings (SSSR count). The van der Waals surface area contributed by atoms with Gasteiger partial charge in [-0.2, -0.15) is 13.2 Å². The maximum Gasteiger partial charge on any atom is 0.416 e. The summed E-state index contributed by atoms with van der Waals surface area (Å²) in [6, 6.07) is 2.20. The number of hydrogen-bond acceptors (Lipinski definition) is 3. The van der Waals surface area contributed by atoms with Crippen molar-refractivity contribution >= 4 is 12.0 Å². The molecule has 0 saturated carbocycles. The lowest BCUT2D eigenvalue weighted by Crippen LogP contribution is -2.38. The molecule has 0 bridgehead atoms. The predicted octanol–water partition coefficient (Wildman–Crippen LogP) is 2.70. The Morgan fingerprint density at radius 2 is 2.00 bits per heavy atom. The van der Waals surface area contributed by atoms with Crippen LogP contribution in [0.5, 0.6) is 0 Å². The van der Waals surface area contributed by atoms with Crippen LogP contribution in [0.3, 0.4) is 0 Å². The molecule has 1 N–H and O–H groups in total. The van der Waals surface area contributed by atoms with Gasteiger partial charge in [0.15, 0.2) is 0 Å². The van der Waals surface area contributed by atoms with Gasteiger partial charge in [-0.1, -0.05) is 6.07 Å². The van der Waals surface area contributed by atoms with Gasteiger partial charge < -0.3 is 10.1 Å². The molecule has 25 heavy (non-hydrogen) atoms. The van der Waals surface area contributed by atoms with Crippen LogP contribution in [0.2, 0.25) is 0 Å². The monoisotopic (exact) mass is 360 g/mol. The molecule has 0 aromatic heterocycles. The van der Waals surface area contributed by atoms with Crippen LogP contribution >= 0.6 is 0 Å². The van der Waals surface area contributed by atoms with Gasteiger partial charge in [0.2, 0.25) is 5.91 Å².